The van der Waals surface area contributed by atoms with E-state index in [1.807, 2.05) is 28.8 Å². The molecule has 0 aliphatic rings. The van der Waals surface area contributed by atoms with Crippen LogP contribution in [-0.2, 0) is 11.3 Å². The highest BCUT2D eigenvalue weighted by Gasteiger charge is 2.06. The number of amides is 1. The molecule has 0 aliphatic carbocycles. The average molecular weight is 528 g/mol. The summed E-state index contributed by atoms with van der Waals surface area (Å²) >= 11 is 5.83. The summed E-state index contributed by atoms with van der Waals surface area (Å²) in [7, 11) is 1.70. The topological polar surface area (TPSA) is 95.7 Å². The lowest BCUT2D eigenvalue weighted by atomic mass is 10.2. The number of nitrogens with one attached hydrogen (secondary N) is 3. The third-order valence-electron chi connectivity index (χ3n) is 4.02. The van der Waals surface area contributed by atoms with Gasteiger partial charge in [-0.1, -0.05) is 17.7 Å². The van der Waals surface area contributed by atoms with Gasteiger partial charge in [-0.05, 0) is 42.8 Å². The van der Waals surface area contributed by atoms with E-state index in [0.29, 0.717) is 36.9 Å². The molecule has 29 heavy (non-hydrogen) atoms. The molecular weight excluding hydrogens is 505 g/mol. The molecule has 2 aromatic heterocycles. The van der Waals surface area contributed by atoms with Gasteiger partial charge in [-0.25, -0.2) is 0 Å². The van der Waals surface area contributed by atoms with Gasteiger partial charge in [0.05, 0.1) is 6.54 Å². The van der Waals surface area contributed by atoms with Gasteiger partial charge in [-0.3, -0.25) is 14.2 Å². The molecule has 0 radical (unpaired) electrons. The Morgan fingerprint density at radius 3 is 2.69 bits per heavy atom. The number of nitrogens with zero attached hydrogens (tertiary/aromatic N) is 4. The number of carbonyl (C=O) groups is 1. The standard InChI is InChI=1S/C19H22ClN7O.HI/c1-21-19(23-13-17-26-25-16-5-2-3-12-27(16)17)22-11-4-6-18(28)24-15-9-7-14(20)8-10-15;/h2-3,5,7-10,12H,4,6,11,13H2,1H3,(H,24,28)(H2,21,22,23);1H. The van der Waals surface area contributed by atoms with Crippen molar-refractivity contribution in [3.63, 3.8) is 0 Å². The van der Waals surface area contributed by atoms with Crippen molar-refractivity contribution in [1.29, 1.82) is 0 Å². The number of hydrogen-bond donors (Lipinski definition) is 3. The summed E-state index contributed by atoms with van der Waals surface area (Å²) in [6.07, 6.45) is 3.00. The second kappa shape index (κ2) is 11.6. The van der Waals surface area contributed by atoms with Gasteiger partial charge in [0.15, 0.2) is 17.4 Å². The van der Waals surface area contributed by atoms with Crippen LogP contribution in [0.4, 0.5) is 5.69 Å². The van der Waals surface area contributed by atoms with E-state index in [-0.39, 0.29) is 29.9 Å². The molecule has 0 bridgehead atoms. The average Bonchev–Trinajstić information content (AvgIpc) is 3.12. The Labute approximate surface area is 191 Å². The molecule has 3 rings (SSSR count). The third kappa shape index (κ3) is 6.86. The van der Waals surface area contributed by atoms with Gasteiger partial charge in [0.25, 0.3) is 0 Å². The maximum absolute atomic E-state index is 12.0. The number of halogens is 2. The molecular formula is C19H23ClIN7O. The number of benzene rings is 1. The van der Waals surface area contributed by atoms with Crippen molar-refractivity contribution in [2.45, 2.75) is 19.4 Å². The maximum atomic E-state index is 12.0. The summed E-state index contributed by atoms with van der Waals surface area (Å²) in [5.41, 5.74) is 1.54. The summed E-state index contributed by atoms with van der Waals surface area (Å²) in [4.78, 5) is 16.2. The van der Waals surface area contributed by atoms with Crippen LogP contribution in [0.15, 0.2) is 53.7 Å². The molecule has 3 aromatic rings. The molecule has 154 valence electrons. The number of anilines is 1. The molecule has 8 nitrogen and oxygen atoms in total. The highest BCUT2D eigenvalue weighted by Crippen LogP contribution is 2.13. The fourth-order valence-electron chi connectivity index (χ4n) is 2.61. The summed E-state index contributed by atoms with van der Waals surface area (Å²) < 4.78 is 1.92. The number of guanidine groups is 1. The lowest BCUT2D eigenvalue weighted by molar-refractivity contribution is -0.116. The molecule has 10 heteroatoms. The Balaban J connectivity index is 0.00000300. The van der Waals surface area contributed by atoms with E-state index in [1.54, 1.807) is 31.3 Å². The van der Waals surface area contributed by atoms with Crippen molar-refractivity contribution in [3.05, 3.63) is 59.5 Å². The number of aliphatic imine (C=N–C) groups is 1. The molecule has 1 aromatic carbocycles. The van der Waals surface area contributed by atoms with Gasteiger partial charge in [-0.15, -0.1) is 34.2 Å². The molecule has 0 spiro atoms. The lowest BCUT2D eigenvalue weighted by Crippen LogP contribution is -2.37. The van der Waals surface area contributed by atoms with Crippen LogP contribution in [0.1, 0.15) is 18.7 Å². The van der Waals surface area contributed by atoms with Crippen LogP contribution in [0, 0.1) is 0 Å². The first-order valence-corrected chi connectivity index (χ1v) is 9.32. The van der Waals surface area contributed by atoms with Crippen LogP contribution < -0.4 is 16.0 Å². The van der Waals surface area contributed by atoms with Crippen molar-refractivity contribution < 1.29 is 4.79 Å². The zero-order chi connectivity index (χ0) is 19.8. The highest BCUT2D eigenvalue weighted by molar-refractivity contribution is 14.0. The Bertz CT molecular complexity index is 959. The molecule has 3 N–H and O–H groups in total. The normalized spacial score (nSPS) is 11.0. The van der Waals surface area contributed by atoms with Crippen LogP contribution in [0.5, 0.6) is 0 Å². The van der Waals surface area contributed by atoms with E-state index in [9.17, 15) is 4.79 Å². The van der Waals surface area contributed by atoms with Gasteiger partial charge >= 0.3 is 0 Å². The summed E-state index contributed by atoms with van der Waals surface area (Å²) in [6.45, 7) is 1.11. The monoisotopic (exact) mass is 527 g/mol. The number of pyridine rings is 1. The maximum Gasteiger partial charge on any atom is 0.224 e. The van der Waals surface area contributed by atoms with Gasteiger partial charge in [0, 0.05) is 36.9 Å². The summed E-state index contributed by atoms with van der Waals surface area (Å²) in [6, 6.07) is 12.8. The van der Waals surface area contributed by atoms with Gasteiger partial charge in [-0.2, -0.15) is 0 Å². The number of rotatable bonds is 7. The largest absolute Gasteiger partial charge is 0.356 e. The van der Waals surface area contributed by atoms with Crippen molar-refractivity contribution in [3.8, 4) is 0 Å². The summed E-state index contributed by atoms with van der Waals surface area (Å²) in [5, 5.41) is 18.2. The quantitative estimate of drug-likeness (QED) is 0.190. The van der Waals surface area contributed by atoms with Gasteiger partial charge < -0.3 is 16.0 Å². The van der Waals surface area contributed by atoms with Crippen molar-refractivity contribution in [2.24, 2.45) is 4.99 Å². The molecule has 0 saturated carbocycles. The van der Waals surface area contributed by atoms with Crippen molar-refractivity contribution in [1.82, 2.24) is 25.2 Å². The van der Waals surface area contributed by atoms with Crippen LogP contribution in [-0.4, -0.2) is 40.1 Å². The summed E-state index contributed by atoms with van der Waals surface area (Å²) in [5.74, 6) is 1.40. The third-order valence-corrected chi connectivity index (χ3v) is 4.27. The van der Waals surface area contributed by atoms with Crippen molar-refractivity contribution >= 4 is 58.8 Å². The second-order valence-electron chi connectivity index (χ2n) is 6.06. The second-order valence-corrected chi connectivity index (χ2v) is 6.49. The van der Waals surface area contributed by atoms with E-state index in [1.165, 1.54) is 0 Å². The predicted molar refractivity (Wildman–Crippen MR) is 126 cm³/mol. The van der Waals surface area contributed by atoms with Crippen LogP contribution in [0.3, 0.4) is 0 Å². The van der Waals surface area contributed by atoms with E-state index in [4.69, 9.17) is 11.6 Å². The minimum Gasteiger partial charge on any atom is -0.356 e. The molecule has 0 fully saturated rings. The Morgan fingerprint density at radius 2 is 1.93 bits per heavy atom. The minimum atomic E-state index is -0.0398. The van der Waals surface area contributed by atoms with Crippen LogP contribution in [0.2, 0.25) is 5.02 Å². The number of aromatic nitrogens is 3. The Kier molecular flexibility index (Phi) is 9.13. The van der Waals surface area contributed by atoms with Crippen molar-refractivity contribution in [2.75, 3.05) is 18.9 Å². The van der Waals surface area contributed by atoms with Gasteiger partial charge in [0.1, 0.15) is 0 Å². The minimum absolute atomic E-state index is 0. The highest BCUT2D eigenvalue weighted by atomic mass is 127. The zero-order valence-corrected chi connectivity index (χ0v) is 19.0. The first kappa shape index (κ1) is 22.9. The Hall–Kier alpha value is -2.40. The molecule has 1 amide bonds. The van der Waals surface area contributed by atoms with E-state index in [2.05, 4.69) is 31.1 Å². The number of fused-ring (bicyclic) bond motifs is 1. The van der Waals surface area contributed by atoms with Gasteiger partial charge in [0.2, 0.25) is 5.91 Å². The zero-order valence-electron chi connectivity index (χ0n) is 15.9. The molecule has 0 unspecified atom stereocenters. The fourth-order valence-corrected chi connectivity index (χ4v) is 2.73. The van der Waals surface area contributed by atoms with Crippen LogP contribution >= 0.6 is 35.6 Å². The number of hydrogen-bond acceptors (Lipinski definition) is 4. The lowest BCUT2D eigenvalue weighted by Gasteiger charge is -2.11. The van der Waals surface area contributed by atoms with Crippen LogP contribution in [0.25, 0.3) is 5.65 Å². The molecule has 2 heterocycles. The smallest absolute Gasteiger partial charge is 0.224 e. The molecule has 0 aliphatic heterocycles. The SMILES string of the molecule is CN=C(NCCCC(=O)Nc1ccc(Cl)cc1)NCc1nnc2ccccn12.I. The first-order valence-electron chi connectivity index (χ1n) is 8.94. The first-order chi connectivity index (χ1) is 13.7. The fraction of sp³-hybridized carbons (Fsp3) is 0.263. The Morgan fingerprint density at radius 1 is 1.14 bits per heavy atom. The van der Waals surface area contributed by atoms with E-state index >= 15 is 0 Å². The number of carbonyl (C=O) groups excluding carboxylic acids is 1. The molecule has 0 atom stereocenters. The predicted octanol–water partition coefficient (Wildman–Crippen LogP) is 3.08. The van der Waals surface area contributed by atoms with E-state index in [0.717, 1.165) is 17.2 Å². The molecule has 0 saturated heterocycles. The van der Waals surface area contributed by atoms with E-state index < -0.39 is 0 Å².